The standard InChI is InChI=1S/C43H25N3O2/c1-3-13-26(14-4-1)41-44-42(27-15-5-2-6-16-27)46-43(45-41)34-25-28-17-11-20-30(37(28)40-38(34)33-19-8-10-24-36(33)48-40)32-22-12-21-31-29-18-7-9-23-35(29)47-39(31)32/h1-25H. The second-order valence-corrected chi connectivity index (χ2v) is 11.9. The van der Waals surface area contributed by atoms with E-state index < -0.39 is 0 Å². The number of nitrogens with zero attached hydrogens (tertiary/aromatic N) is 3. The molecule has 0 aliphatic carbocycles. The van der Waals surface area contributed by atoms with Crippen molar-refractivity contribution in [2.45, 2.75) is 0 Å². The Balaban J connectivity index is 1.30. The number of hydrogen-bond donors (Lipinski definition) is 0. The quantitative estimate of drug-likeness (QED) is 0.197. The minimum atomic E-state index is 0.589. The zero-order valence-corrected chi connectivity index (χ0v) is 25.6. The van der Waals surface area contributed by atoms with Crippen molar-refractivity contribution in [1.29, 1.82) is 0 Å². The Hall–Kier alpha value is -6.59. The van der Waals surface area contributed by atoms with Crippen LogP contribution in [0.2, 0.25) is 0 Å². The van der Waals surface area contributed by atoms with Gasteiger partial charge in [0.25, 0.3) is 0 Å². The fourth-order valence-electron chi connectivity index (χ4n) is 6.95. The van der Waals surface area contributed by atoms with Gasteiger partial charge in [-0.05, 0) is 29.1 Å². The summed E-state index contributed by atoms with van der Waals surface area (Å²) in [6, 6.07) is 51.4. The van der Waals surface area contributed by atoms with E-state index in [1.807, 2.05) is 91.0 Å². The lowest BCUT2D eigenvalue weighted by atomic mass is 9.93. The topological polar surface area (TPSA) is 65.0 Å². The summed E-state index contributed by atoms with van der Waals surface area (Å²) in [5, 5.41) is 6.19. The first-order chi connectivity index (χ1) is 23.8. The molecular weight excluding hydrogens is 590 g/mol. The fraction of sp³-hybridized carbons (Fsp3) is 0. The van der Waals surface area contributed by atoms with Crippen molar-refractivity contribution in [1.82, 2.24) is 15.0 Å². The summed E-state index contributed by atoms with van der Waals surface area (Å²) in [6.07, 6.45) is 0. The van der Waals surface area contributed by atoms with Gasteiger partial charge in [-0.3, -0.25) is 0 Å². The molecule has 7 aromatic carbocycles. The van der Waals surface area contributed by atoms with Crippen molar-refractivity contribution in [2.24, 2.45) is 0 Å². The molecule has 0 aliphatic heterocycles. The Morgan fingerprint density at radius 3 is 1.62 bits per heavy atom. The van der Waals surface area contributed by atoms with E-state index >= 15 is 0 Å². The third-order valence-electron chi connectivity index (χ3n) is 9.12. The lowest BCUT2D eigenvalue weighted by Gasteiger charge is -2.13. The van der Waals surface area contributed by atoms with Crippen LogP contribution >= 0.6 is 0 Å². The fourth-order valence-corrected chi connectivity index (χ4v) is 6.95. The predicted octanol–water partition coefficient (Wildman–Crippen LogP) is 11.5. The molecule has 0 saturated heterocycles. The van der Waals surface area contributed by atoms with E-state index in [0.29, 0.717) is 17.5 Å². The summed E-state index contributed by atoms with van der Waals surface area (Å²) in [5.74, 6) is 1.82. The van der Waals surface area contributed by atoms with Crippen molar-refractivity contribution in [3.8, 4) is 45.3 Å². The second kappa shape index (κ2) is 10.5. The molecule has 10 aromatic rings. The van der Waals surface area contributed by atoms with Crippen LogP contribution in [0.5, 0.6) is 0 Å². The van der Waals surface area contributed by atoms with E-state index in [1.165, 1.54) is 0 Å². The van der Waals surface area contributed by atoms with Crippen LogP contribution in [0, 0.1) is 0 Å². The lowest BCUT2D eigenvalue weighted by Crippen LogP contribution is -2.00. The number of furan rings is 2. The van der Waals surface area contributed by atoms with Gasteiger partial charge in [-0.15, -0.1) is 0 Å². The zero-order valence-electron chi connectivity index (χ0n) is 25.6. The lowest BCUT2D eigenvalue weighted by molar-refractivity contribution is 0.670. The molecule has 0 amide bonds. The molecule has 0 unspecified atom stereocenters. The molecule has 3 aromatic heterocycles. The highest BCUT2D eigenvalue weighted by molar-refractivity contribution is 6.25. The minimum absolute atomic E-state index is 0.589. The molecule has 48 heavy (non-hydrogen) atoms. The van der Waals surface area contributed by atoms with Gasteiger partial charge in [-0.1, -0.05) is 133 Å². The molecule has 10 rings (SSSR count). The highest BCUT2D eigenvalue weighted by Gasteiger charge is 2.23. The summed E-state index contributed by atoms with van der Waals surface area (Å²) in [7, 11) is 0. The highest BCUT2D eigenvalue weighted by Crippen LogP contribution is 2.45. The number of rotatable bonds is 4. The van der Waals surface area contributed by atoms with Gasteiger partial charge in [-0.25, -0.2) is 15.0 Å². The first-order valence-electron chi connectivity index (χ1n) is 15.9. The minimum Gasteiger partial charge on any atom is -0.455 e. The smallest absolute Gasteiger partial charge is 0.164 e. The van der Waals surface area contributed by atoms with Gasteiger partial charge in [0.15, 0.2) is 17.5 Å². The van der Waals surface area contributed by atoms with Crippen molar-refractivity contribution in [3.05, 3.63) is 152 Å². The monoisotopic (exact) mass is 615 g/mol. The van der Waals surface area contributed by atoms with E-state index in [2.05, 4.69) is 60.7 Å². The predicted molar refractivity (Wildman–Crippen MR) is 194 cm³/mol. The molecule has 0 N–H and O–H groups in total. The maximum Gasteiger partial charge on any atom is 0.164 e. The first kappa shape index (κ1) is 26.6. The maximum absolute atomic E-state index is 6.79. The Morgan fingerprint density at radius 1 is 0.354 bits per heavy atom. The third kappa shape index (κ3) is 4.08. The number of aromatic nitrogens is 3. The molecule has 0 atom stereocenters. The van der Waals surface area contributed by atoms with Crippen molar-refractivity contribution >= 4 is 54.6 Å². The average molecular weight is 616 g/mol. The Kier molecular flexibility index (Phi) is 5.81. The largest absolute Gasteiger partial charge is 0.455 e. The molecule has 0 aliphatic rings. The number of hydrogen-bond acceptors (Lipinski definition) is 5. The van der Waals surface area contributed by atoms with Crippen LogP contribution in [-0.4, -0.2) is 15.0 Å². The zero-order chi connectivity index (χ0) is 31.6. The van der Waals surface area contributed by atoms with E-state index in [4.69, 9.17) is 23.8 Å². The summed E-state index contributed by atoms with van der Waals surface area (Å²) >= 11 is 0. The van der Waals surface area contributed by atoms with Crippen LogP contribution in [0.25, 0.3) is 99.9 Å². The van der Waals surface area contributed by atoms with Crippen molar-refractivity contribution in [3.63, 3.8) is 0 Å². The van der Waals surface area contributed by atoms with Crippen LogP contribution in [0.15, 0.2) is 160 Å². The molecule has 0 spiro atoms. The molecule has 224 valence electrons. The Labute approximate surface area is 274 Å². The van der Waals surface area contributed by atoms with Crippen LogP contribution in [0.1, 0.15) is 0 Å². The average Bonchev–Trinajstić information content (AvgIpc) is 3.74. The Morgan fingerprint density at radius 2 is 0.896 bits per heavy atom. The summed E-state index contributed by atoms with van der Waals surface area (Å²) < 4.78 is 13.3. The van der Waals surface area contributed by atoms with E-state index in [-0.39, 0.29) is 0 Å². The van der Waals surface area contributed by atoms with Crippen LogP contribution in [0.3, 0.4) is 0 Å². The van der Waals surface area contributed by atoms with E-state index in [0.717, 1.165) is 82.5 Å². The van der Waals surface area contributed by atoms with Gasteiger partial charge in [0.1, 0.15) is 22.3 Å². The molecule has 5 heteroatoms. The number of para-hydroxylation sites is 3. The normalized spacial score (nSPS) is 11.8. The van der Waals surface area contributed by atoms with Crippen molar-refractivity contribution < 1.29 is 8.83 Å². The summed E-state index contributed by atoms with van der Waals surface area (Å²) in [6.45, 7) is 0. The maximum atomic E-state index is 6.79. The van der Waals surface area contributed by atoms with E-state index in [1.54, 1.807) is 0 Å². The van der Waals surface area contributed by atoms with Gasteiger partial charge >= 0.3 is 0 Å². The molecule has 0 radical (unpaired) electrons. The molecule has 3 heterocycles. The third-order valence-corrected chi connectivity index (χ3v) is 9.12. The molecule has 0 saturated carbocycles. The van der Waals surface area contributed by atoms with Crippen molar-refractivity contribution in [2.75, 3.05) is 0 Å². The Bertz CT molecular complexity index is 2780. The SMILES string of the molecule is c1ccc(-c2nc(-c3ccccc3)nc(-c3cc4cccc(-c5cccc6c5oc5ccccc56)c4c4oc5ccccc5c34)n2)cc1. The number of benzene rings is 7. The van der Waals surface area contributed by atoms with Gasteiger partial charge in [-0.2, -0.15) is 0 Å². The van der Waals surface area contributed by atoms with Crippen LogP contribution in [-0.2, 0) is 0 Å². The van der Waals surface area contributed by atoms with Crippen LogP contribution < -0.4 is 0 Å². The van der Waals surface area contributed by atoms with Crippen LogP contribution in [0.4, 0.5) is 0 Å². The highest BCUT2D eigenvalue weighted by atomic mass is 16.3. The molecule has 0 bridgehead atoms. The second-order valence-electron chi connectivity index (χ2n) is 11.9. The molecular formula is C43H25N3O2. The van der Waals surface area contributed by atoms with Gasteiger partial charge in [0, 0.05) is 49.2 Å². The van der Waals surface area contributed by atoms with Gasteiger partial charge < -0.3 is 8.83 Å². The van der Waals surface area contributed by atoms with E-state index in [9.17, 15) is 0 Å². The number of fused-ring (bicyclic) bond motifs is 8. The van der Waals surface area contributed by atoms with Gasteiger partial charge in [0.2, 0.25) is 0 Å². The summed E-state index contributed by atoms with van der Waals surface area (Å²) in [5.41, 5.74) is 8.11. The van der Waals surface area contributed by atoms with Gasteiger partial charge in [0.05, 0.1) is 0 Å². The summed E-state index contributed by atoms with van der Waals surface area (Å²) in [4.78, 5) is 15.2. The first-order valence-corrected chi connectivity index (χ1v) is 15.9. The molecule has 0 fully saturated rings. The molecule has 5 nitrogen and oxygen atoms in total.